The highest BCUT2D eigenvalue weighted by Crippen LogP contribution is 2.25. The minimum atomic E-state index is -0.434. The van der Waals surface area contributed by atoms with Crippen molar-refractivity contribution < 1.29 is 9.53 Å². The molecule has 1 aliphatic rings. The standard InChI is InChI=1S/C14H22N2O2S.C2H6/c1-10-5-6-12(19-10)11-9-16(8-7-15-11)13(17)18-14(2,3)4;1-2/h5-6,11,15H,7-9H2,1-4H3;1-2H3. The zero-order chi connectivity index (χ0) is 16.0. The highest BCUT2D eigenvalue weighted by atomic mass is 32.1. The van der Waals surface area contributed by atoms with Crippen LogP contribution in [0.3, 0.4) is 0 Å². The third kappa shape index (κ3) is 5.67. The molecule has 4 nitrogen and oxygen atoms in total. The van der Waals surface area contributed by atoms with Gasteiger partial charge in [0.15, 0.2) is 0 Å². The maximum atomic E-state index is 12.1. The van der Waals surface area contributed by atoms with Gasteiger partial charge in [0.05, 0.1) is 6.04 Å². The molecule has 0 radical (unpaired) electrons. The molecule has 1 unspecified atom stereocenters. The minimum Gasteiger partial charge on any atom is -0.444 e. The van der Waals surface area contributed by atoms with Gasteiger partial charge in [-0.25, -0.2) is 4.79 Å². The van der Waals surface area contributed by atoms with E-state index in [1.165, 1.54) is 9.75 Å². The van der Waals surface area contributed by atoms with E-state index in [0.717, 1.165) is 6.54 Å². The first kappa shape index (κ1) is 18.0. The number of ether oxygens (including phenoxy) is 1. The van der Waals surface area contributed by atoms with Gasteiger partial charge in [-0.05, 0) is 39.8 Å². The fourth-order valence-electron chi connectivity index (χ4n) is 2.07. The van der Waals surface area contributed by atoms with Crippen LogP contribution >= 0.6 is 11.3 Å². The maximum Gasteiger partial charge on any atom is 0.410 e. The molecule has 0 saturated carbocycles. The number of carbonyl (C=O) groups is 1. The van der Waals surface area contributed by atoms with Gasteiger partial charge in [0, 0.05) is 29.4 Å². The number of piperazine rings is 1. The Morgan fingerprint density at radius 2 is 2.05 bits per heavy atom. The van der Waals surface area contributed by atoms with E-state index in [1.54, 1.807) is 16.2 Å². The van der Waals surface area contributed by atoms with Crippen LogP contribution < -0.4 is 5.32 Å². The highest BCUT2D eigenvalue weighted by molar-refractivity contribution is 7.12. The van der Waals surface area contributed by atoms with Gasteiger partial charge < -0.3 is 15.0 Å². The molecule has 1 fully saturated rings. The van der Waals surface area contributed by atoms with E-state index in [-0.39, 0.29) is 12.1 Å². The Kier molecular flexibility index (Phi) is 6.68. The number of hydrogen-bond donors (Lipinski definition) is 1. The van der Waals surface area contributed by atoms with Gasteiger partial charge in [0.1, 0.15) is 5.60 Å². The summed E-state index contributed by atoms with van der Waals surface area (Å²) < 4.78 is 5.43. The highest BCUT2D eigenvalue weighted by Gasteiger charge is 2.28. The maximum absolute atomic E-state index is 12.1. The Morgan fingerprint density at radius 3 is 2.57 bits per heavy atom. The molecule has 1 aromatic rings. The van der Waals surface area contributed by atoms with Crippen LogP contribution in [0.2, 0.25) is 0 Å². The first-order valence-electron chi connectivity index (χ1n) is 7.63. The van der Waals surface area contributed by atoms with Crippen LogP contribution in [-0.4, -0.2) is 36.2 Å². The van der Waals surface area contributed by atoms with E-state index in [0.29, 0.717) is 13.1 Å². The Bertz CT molecular complexity index is 451. The second-order valence-electron chi connectivity index (χ2n) is 5.88. The van der Waals surface area contributed by atoms with E-state index in [4.69, 9.17) is 4.74 Å². The summed E-state index contributed by atoms with van der Waals surface area (Å²) in [5.41, 5.74) is -0.434. The van der Waals surface area contributed by atoms with Crippen molar-refractivity contribution in [1.82, 2.24) is 10.2 Å². The van der Waals surface area contributed by atoms with E-state index >= 15 is 0 Å². The molecular formula is C16H28N2O2S. The molecule has 0 aliphatic carbocycles. The number of amides is 1. The molecule has 1 atom stereocenters. The summed E-state index contributed by atoms with van der Waals surface area (Å²) in [5.74, 6) is 0. The van der Waals surface area contributed by atoms with Gasteiger partial charge in [0.25, 0.3) is 0 Å². The van der Waals surface area contributed by atoms with E-state index in [1.807, 2.05) is 34.6 Å². The first-order valence-corrected chi connectivity index (χ1v) is 8.44. The van der Waals surface area contributed by atoms with Crippen molar-refractivity contribution in [1.29, 1.82) is 0 Å². The quantitative estimate of drug-likeness (QED) is 0.853. The molecule has 1 amide bonds. The molecule has 1 aromatic heterocycles. The molecule has 0 bridgehead atoms. The summed E-state index contributed by atoms with van der Waals surface area (Å²) in [6.07, 6.45) is -0.215. The van der Waals surface area contributed by atoms with Crippen molar-refractivity contribution in [3.63, 3.8) is 0 Å². The third-order valence-corrected chi connectivity index (χ3v) is 4.05. The number of thiophene rings is 1. The largest absolute Gasteiger partial charge is 0.444 e. The molecule has 1 saturated heterocycles. The molecule has 1 aliphatic heterocycles. The van der Waals surface area contributed by atoms with Gasteiger partial charge >= 0.3 is 6.09 Å². The lowest BCUT2D eigenvalue weighted by Gasteiger charge is -2.34. The Hall–Kier alpha value is -1.07. The number of hydrogen-bond acceptors (Lipinski definition) is 4. The Labute approximate surface area is 132 Å². The minimum absolute atomic E-state index is 0.215. The third-order valence-electron chi connectivity index (χ3n) is 2.93. The zero-order valence-corrected chi connectivity index (χ0v) is 14.8. The van der Waals surface area contributed by atoms with Crippen LogP contribution in [0.5, 0.6) is 0 Å². The molecule has 5 heteroatoms. The Morgan fingerprint density at radius 1 is 1.38 bits per heavy atom. The van der Waals surface area contributed by atoms with Gasteiger partial charge in [-0.2, -0.15) is 0 Å². The fourth-order valence-corrected chi connectivity index (χ4v) is 3.02. The average Bonchev–Trinajstić information content (AvgIpc) is 2.86. The average molecular weight is 312 g/mol. The molecule has 2 rings (SSSR count). The molecule has 2 heterocycles. The Balaban J connectivity index is 0.00000106. The van der Waals surface area contributed by atoms with E-state index in [2.05, 4.69) is 24.4 Å². The molecule has 0 spiro atoms. The smallest absolute Gasteiger partial charge is 0.410 e. The number of rotatable bonds is 1. The van der Waals surface area contributed by atoms with Gasteiger partial charge in [-0.1, -0.05) is 13.8 Å². The number of carbonyl (C=O) groups excluding carboxylic acids is 1. The number of nitrogens with zero attached hydrogens (tertiary/aromatic N) is 1. The van der Waals surface area contributed by atoms with Crippen LogP contribution in [0.25, 0.3) is 0 Å². The second kappa shape index (κ2) is 7.80. The van der Waals surface area contributed by atoms with Gasteiger partial charge in [-0.15, -0.1) is 11.3 Å². The first-order chi connectivity index (χ1) is 9.85. The van der Waals surface area contributed by atoms with E-state index < -0.39 is 5.60 Å². The van der Waals surface area contributed by atoms with Gasteiger partial charge in [-0.3, -0.25) is 0 Å². The van der Waals surface area contributed by atoms with E-state index in [9.17, 15) is 4.79 Å². The summed E-state index contributed by atoms with van der Waals surface area (Å²) in [6, 6.07) is 4.48. The lowest BCUT2D eigenvalue weighted by Crippen LogP contribution is -2.49. The van der Waals surface area contributed by atoms with Crippen LogP contribution in [0.15, 0.2) is 12.1 Å². The van der Waals surface area contributed by atoms with Crippen LogP contribution in [-0.2, 0) is 4.74 Å². The van der Waals surface area contributed by atoms with Crippen molar-refractivity contribution in [3.05, 3.63) is 21.9 Å². The lowest BCUT2D eigenvalue weighted by atomic mass is 10.2. The molecule has 21 heavy (non-hydrogen) atoms. The lowest BCUT2D eigenvalue weighted by molar-refractivity contribution is 0.0196. The van der Waals surface area contributed by atoms with Crippen LogP contribution in [0, 0.1) is 6.92 Å². The normalized spacial score (nSPS) is 18.8. The van der Waals surface area contributed by atoms with Gasteiger partial charge in [0.2, 0.25) is 0 Å². The second-order valence-corrected chi connectivity index (χ2v) is 7.20. The van der Waals surface area contributed by atoms with Crippen LogP contribution in [0.4, 0.5) is 4.79 Å². The van der Waals surface area contributed by atoms with Crippen molar-refractivity contribution in [2.75, 3.05) is 19.6 Å². The summed E-state index contributed by atoms with van der Waals surface area (Å²) >= 11 is 1.78. The molecule has 1 N–H and O–H groups in total. The van der Waals surface area contributed by atoms with Crippen molar-refractivity contribution >= 4 is 17.4 Å². The number of aryl methyl sites for hydroxylation is 1. The monoisotopic (exact) mass is 312 g/mol. The fraction of sp³-hybridized carbons (Fsp3) is 0.688. The predicted molar refractivity (Wildman–Crippen MR) is 89.0 cm³/mol. The van der Waals surface area contributed by atoms with Crippen molar-refractivity contribution in [2.24, 2.45) is 0 Å². The topological polar surface area (TPSA) is 41.6 Å². The zero-order valence-electron chi connectivity index (χ0n) is 14.0. The van der Waals surface area contributed by atoms with Crippen LogP contribution in [0.1, 0.15) is 50.4 Å². The summed E-state index contributed by atoms with van der Waals surface area (Å²) in [5, 5.41) is 3.46. The SMILES string of the molecule is CC.Cc1ccc(C2CN(C(=O)OC(C)(C)C)CCN2)s1. The molecule has 0 aromatic carbocycles. The summed E-state index contributed by atoms with van der Waals surface area (Å²) in [4.78, 5) is 16.4. The van der Waals surface area contributed by atoms with Crippen molar-refractivity contribution in [3.8, 4) is 0 Å². The summed E-state index contributed by atoms with van der Waals surface area (Å²) in [7, 11) is 0. The molecular weight excluding hydrogens is 284 g/mol. The van der Waals surface area contributed by atoms with Crippen molar-refractivity contribution in [2.45, 2.75) is 53.2 Å². The summed E-state index contributed by atoms with van der Waals surface area (Å²) in [6.45, 7) is 14.0. The number of nitrogens with one attached hydrogen (secondary N) is 1. The molecule has 120 valence electrons. The predicted octanol–water partition coefficient (Wildman–Crippen LogP) is 3.96.